The standard InChI is InChI=1S/C11H22O11/c12-1-7(15)4-20-11(10(18)19,21-5-8(16)2-13)22-6-9(17)3-14/h7-9,12-17H,1-6H2,(H,18,19). The minimum atomic E-state index is -2.80. The molecule has 0 rings (SSSR count). The molecule has 11 nitrogen and oxygen atoms in total. The number of hydrogen-bond acceptors (Lipinski definition) is 10. The van der Waals surface area contributed by atoms with Crippen molar-refractivity contribution in [1.82, 2.24) is 0 Å². The Bertz CT molecular complexity index is 274. The Kier molecular flexibility index (Phi) is 10.3. The summed E-state index contributed by atoms with van der Waals surface area (Å²) >= 11 is 0. The highest BCUT2D eigenvalue weighted by Gasteiger charge is 2.45. The monoisotopic (exact) mass is 330 g/mol. The van der Waals surface area contributed by atoms with E-state index in [1.54, 1.807) is 0 Å². The number of carboxylic acids is 1. The van der Waals surface area contributed by atoms with E-state index in [4.69, 9.17) is 29.5 Å². The zero-order chi connectivity index (χ0) is 17.2. The molecule has 0 aliphatic rings. The van der Waals surface area contributed by atoms with Crippen LogP contribution >= 0.6 is 0 Å². The van der Waals surface area contributed by atoms with Crippen molar-refractivity contribution >= 4 is 5.97 Å². The predicted octanol–water partition coefficient (Wildman–Crippen LogP) is -4.17. The molecule has 3 atom stereocenters. The molecule has 0 heterocycles. The van der Waals surface area contributed by atoms with E-state index in [1.807, 2.05) is 0 Å². The second kappa shape index (κ2) is 10.8. The summed E-state index contributed by atoms with van der Waals surface area (Å²) in [5.74, 6) is -4.60. The van der Waals surface area contributed by atoms with E-state index >= 15 is 0 Å². The van der Waals surface area contributed by atoms with Gasteiger partial charge in [0.05, 0.1) is 39.6 Å². The van der Waals surface area contributed by atoms with Crippen LogP contribution in [0, 0.1) is 0 Å². The topological polar surface area (TPSA) is 186 Å². The van der Waals surface area contributed by atoms with Gasteiger partial charge in [-0.2, -0.15) is 0 Å². The van der Waals surface area contributed by atoms with E-state index in [1.165, 1.54) is 0 Å². The van der Waals surface area contributed by atoms with Crippen LogP contribution in [0.2, 0.25) is 0 Å². The number of rotatable bonds is 13. The highest BCUT2D eigenvalue weighted by atomic mass is 16.9. The lowest BCUT2D eigenvalue weighted by Crippen LogP contribution is -2.51. The molecular formula is C11H22O11. The van der Waals surface area contributed by atoms with Gasteiger partial charge in [0, 0.05) is 0 Å². The van der Waals surface area contributed by atoms with Crippen LogP contribution in [-0.2, 0) is 19.0 Å². The highest BCUT2D eigenvalue weighted by Crippen LogP contribution is 2.18. The summed E-state index contributed by atoms with van der Waals surface area (Å²) < 4.78 is 14.4. The molecular weight excluding hydrogens is 308 g/mol. The second-order valence-electron chi connectivity index (χ2n) is 4.30. The van der Waals surface area contributed by atoms with Gasteiger partial charge < -0.3 is 50.0 Å². The zero-order valence-corrected chi connectivity index (χ0v) is 11.7. The Morgan fingerprint density at radius 1 is 0.773 bits per heavy atom. The first-order valence-corrected chi connectivity index (χ1v) is 6.33. The Labute approximate surface area is 125 Å². The molecule has 0 saturated carbocycles. The van der Waals surface area contributed by atoms with Crippen molar-refractivity contribution in [2.75, 3.05) is 39.6 Å². The van der Waals surface area contributed by atoms with Gasteiger partial charge in [0.25, 0.3) is 0 Å². The summed E-state index contributed by atoms with van der Waals surface area (Å²) in [6, 6.07) is 0. The molecule has 0 spiro atoms. The Morgan fingerprint density at radius 2 is 1.05 bits per heavy atom. The van der Waals surface area contributed by atoms with Crippen LogP contribution in [0.15, 0.2) is 0 Å². The molecule has 22 heavy (non-hydrogen) atoms. The lowest BCUT2D eigenvalue weighted by molar-refractivity contribution is -0.374. The summed E-state index contributed by atoms with van der Waals surface area (Å²) in [6.45, 7) is -4.20. The average molecular weight is 330 g/mol. The summed E-state index contributed by atoms with van der Waals surface area (Å²) in [5, 5.41) is 62.8. The molecule has 0 radical (unpaired) electrons. The van der Waals surface area contributed by atoms with Crippen LogP contribution in [0.1, 0.15) is 0 Å². The third kappa shape index (κ3) is 7.40. The van der Waals surface area contributed by atoms with Gasteiger partial charge in [0.1, 0.15) is 18.3 Å². The van der Waals surface area contributed by atoms with Crippen LogP contribution in [0.5, 0.6) is 0 Å². The molecule has 7 N–H and O–H groups in total. The van der Waals surface area contributed by atoms with E-state index < -0.39 is 69.9 Å². The van der Waals surface area contributed by atoms with Gasteiger partial charge in [-0.25, -0.2) is 4.79 Å². The normalized spacial score (nSPS) is 18.5. The first kappa shape index (κ1) is 21.1. The van der Waals surface area contributed by atoms with Crippen molar-refractivity contribution in [3.8, 4) is 0 Å². The first-order valence-electron chi connectivity index (χ1n) is 6.33. The van der Waals surface area contributed by atoms with Crippen LogP contribution in [0.25, 0.3) is 0 Å². The maximum Gasteiger partial charge on any atom is 0.395 e. The largest absolute Gasteiger partial charge is 0.475 e. The predicted molar refractivity (Wildman–Crippen MR) is 67.5 cm³/mol. The van der Waals surface area contributed by atoms with Crippen molar-refractivity contribution in [2.24, 2.45) is 0 Å². The van der Waals surface area contributed by atoms with Gasteiger partial charge in [-0.05, 0) is 0 Å². The molecule has 0 aromatic heterocycles. The molecule has 0 aliphatic heterocycles. The fourth-order valence-corrected chi connectivity index (χ4v) is 1.09. The second-order valence-corrected chi connectivity index (χ2v) is 4.30. The Balaban J connectivity index is 4.95. The van der Waals surface area contributed by atoms with Crippen LogP contribution in [0.3, 0.4) is 0 Å². The molecule has 0 aromatic carbocycles. The summed E-state index contributed by atoms with van der Waals surface area (Å²) in [5.41, 5.74) is 0. The molecule has 3 unspecified atom stereocenters. The van der Waals surface area contributed by atoms with Gasteiger partial charge in [-0.1, -0.05) is 0 Å². The van der Waals surface area contributed by atoms with Gasteiger partial charge in [-0.3, -0.25) is 0 Å². The minimum Gasteiger partial charge on any atom is -0.475 e. The molecule has 0 fully saturated rings. The van der Waals surface area contributed by atoms with Crippen LogP contribution in [-0.4, -0.2) is 106 Å². The summed E-state index contributed by atoms with van der Waals surface area (Å²) in [4.78, 5) is 11.3. The molecule has 0 saturated heterocycles. The maximum absolute atomic E-state index is 11.3. The van der Waals surface area contributed by atoms with E-state index in [9.17, 15) is 25.2 Å². The highest BCUT2D eigenvalue weighted by molar-refractivity contribution is 5.73. The molecule has 0 amide bonds. The fraction of sp³-hybridized carbons (Fsp3) is 0.909. The number of carbonyl (C=O) groups is 1. The Hall–Kier alpha value is -0.890. The fourth-order valence-electron chi connectivity index (χ4n) is 1.09. The summed E-state index contributed by atoms with van der Waals surface area (Å²) in [7, 11) is 0. The van der Waals surface area contributed by atoms with Crippen molar-refractivity contribution < 1.29 is 54.8 Å². The van der Waals surface area contributed by atoms with Crippen molar-refractivity contribution in [2.45, 2.75) is 24.3 Å². The number of hydrogen-bond donors (Lipinski definition) is 7. The van der Waals surface area contributed by atoms with Gasteiger partial charge in [-0.15, -0.1) is 0 Å². The molecule has 0 bridgehead atoms. The van der Waals surface area contributed by atoms with Crippen LogP contribution < -0.4 is 0 Å². The van der Waals surface area contributed by atoms with E-state index in [2.05, 4.69) is 0 Å². The van der Waals surface area contributed by atoms with Crippen molar-refractivity contribution in [1.29, 1.82) is 0 Å². The number of aliphatic hydroxyl groups excluding tert-OH is 6. The van der Waals surface area contributed by atoms with Crippen molar-refractivity contribution in [3.63, 3.8) is 0 Å². The zero-order valence-electron chi connectivity index (χ0n) is 11.7. The maximum atomic E-state index is 11.3. The Morgan fingerprint density at radius 3 is 1.23 bits per heavy atom. The van der Waals surface area contributed by atoms with Gasteiger partial charge >= 0.3 is 11.9 Å². The van der Waals surface area contributed by atoms with Gasteiger partial charge in [0.15, 0.2) is 0 Å². The lowest BCUT2D eigenvalue weighted by atomic mass is 10.4. The third-order valence-electron chi connectivity index (χ3n) is 2.29. The SMILES string of the molecule is O=C(O)C(OCC(O)CO)(OCC(O)CO)OCC(O)CO. The number of aliphatic hydroxyl groups is 6. The van der Waals surface area contributed by atoms with E-state index in [-0.39, 0.29) is 0 Å². The molecule has 0 aliphatic carbocycles. The summed E-state index contributed by atoms with van der Waals surface area (Å²) in [6.07, 6.45) is -4.26. The minimum absolute atomic E-state index is 0.687. The van der Waals surface area contributed by atoms with Crippen molar-refractivity contribution in [3.05, 3.63) is 0 Å². The molecule has 0 aromatic rings. The molecule has 11 heteroatoms. The van der Waals surface area contributed by atoms with E-state index in [0.29, 0.717) is 0 Å². The quantitative estimate of drug-likeness (QED) is 0.162. The van der Waals surface area contributed by atoms with E-state index in [0.717, 1.165) is 0 Å². The third-order valence-corrected chi connectivity index (χ3v) is 2.29. The first-order chi connectivity index (χ1) is 10.3. The smallest absolute Gasteiger partial charge is 0.395 e. The number of carboxylic acid groups (broad SMARTS) is 1. The number of ether oxygens (including phenoxy) is 3. The van der Waals surface area contributed by atoms with Gasteiger partial charge in [0.2, 0.25) is 0 Å². The lowest BCUT2D eigenvalue weighted by Gasteiger charge is -2.30. The molecule has 132 valence electrons. The van der Waals surface area contributed by atoms with Crippen LogP contribution in [0.4, 0.5) is 0 Å². The average Bonchev–Trinajstić information content (AvgIpc) is 2.52. The number of aliphatic carboxylic acids is 1.